The van der Waals surface area contributed by atoms with Crippen LogP contribution in [0.15, 0.2) is 0 Å². The maximum atomic E-state index is 9.82. The Bertz CT molecular complexity index is 164. The molecule has 0 aliphatic carbocycles. The minimum absolute atomic E-state index is 0. The summed E-state index contributed by atoms with van der Waals surface area (Å²) in [4.78, 5) is 0. The van der Waals surface area contributed by atoms with Crippen molar-refractivity contribution in [2.75, 3.05) is 0 Å². The SMILES string of the molecule is CCC(C)OS(=O)(=O)[O-].[Na+]. The second kappa shape index (κ2) is 5.51. The fourth-order valence-electron chi connectivity index (χ4n) is 0.269. The third-order valence-electron chi connectivity index (χ3n) is 0.857. The fraction of sp³-hybridized carbons (Fsp3) is 1.00. The molecule has 0 saturated heterocycles. The summed E-state index contributed by atoms with van der Waals surface area (Å²) < 4.78 is 33.5. The number of hydrogen-bond donors (Lipinski definition) is 0. The van der Waals surface area contributed by atoms with Crippen molar-refractivity contribution in [1.82, 2.24) is 0 Å². The zero-order valence-electron chi connectivity index (χ0n) is 6.33. The third-order valence-corrected chi connectivity index (χ3v) is 1.42. The van der Waals surface area contributed by atoms with Gasteiger partial charge in [-0.1, -0.05) is 6.92 Å². The minimum Gasteiger partial charge on any atom is -0.726 e. The molecule has 0 amide bonds. The average molecular weight is 176 g/mol. The van der Waals surface area contributed by atoms with Crippen LogP contribution in [0.5, 0.6) is 0 Å². The molecule has 0 aromatic carbocycles. The van der Waals surface area contributed by atoms with Gasteiger partial charge in [0.15, 0.2) is 0 Å². The second-order valence-electron chi connectivity index (χ2n) is 1.72. The summed E-state index contributed by atoms with van der Waals surface area (Å²) in [6, 6.07) is 0. The third kappa shape index (κ3) is 8.87. The van der Waals surface area contributed by atoms with Crippen LogP contribution in [0.25, 0.3) is 0 Å². The molecule has 0 aromatic heterocycles. The van der Waals surface area contributed by atoms with E-state index in [0.29, 0.717) is 6.42 Å². The van der Waals surface area contributed by atoms with Crippen LogP contribution in [0, 0.1) is 0 Å². The van der Waals surface area contributed by atoms with Gasteiger partial charge in [0.25, 0.3) is 0 Å². The Morgan fingerprint density at radius 2 is 2.00 bits per heavy atom. The van der Waals surface area contributed by atoms with Crippen LogP contribution < -0.4 is 29.6 Å². The molecule has 0 bridgehead atoms. The molecule has 0 spiro atoms. The van der Waals surface area contributed by atoms with Gasteiger partial charge in [0.05, 0.1) is 6.10 Å². The maximum absolute atomic E-state index is 9.82. The molecule has 1 atom stereocenters. The zero-order chi connectivity index (χ0) is 7.49. The first-order chi connectivity index (χ1) is 3.95. The summed E-state index contributed by atoms with van der Waals surface area (Å²) >= 11 is 0. The smallest absolute Gasteiger partial charge is 0.726 e. The van der Waals surface area contributed by atoms with Crippen LogP contribution in [0.4, 0.5) is 0 Å². The number of hydrogen-bond acceptors (Lipinski definition) is 4. The van der Waals surface area contributed by atoms with Crippen LogP contribution in [-0.2, 0) is 14.6 Å². The summed E-state index contributed by atoms with van der Waals surface area (Å²) in [7, 11) is -4.49. The standard InChI is InChI=1S/C4H10O4S.Na/c1-3-4(2)8-9(5,6)7;/h4H,3H2,1-2H3,(H,5,6,7);/q;+1/p-1. The Morgan fingerprint density at radius 1 is 1.60 bits per heavy atom. The summed E-state index contributed by atoms with van der Waals surface area (Å²) in [5.41, 5.74) is 0. The van der Waals surface area contributed by atoms with E-state index < -0.39 is 16.5 Å². The van der Waals surface area contributed by atoms with E-state index in [0.717, 1.165) is 0 Å². The Morgan fingerprint density at radius 3 is 2.10 bits per heavy atom. The maximum Gasteiger partial charge on any atom is 1.00 e. The first-order valence-electron chi connectivity index (χ1n) is 2.60. The largest absolute Gasteiger partial charge is 1.00 e. The van der Waals surface area contributed by atoms with Crippen molar-refractivity contribution in [2.24, 2.45) is 0 Å². The Hall–Kier alpha value is 0.870. The summed E-state index contributed by atoms with van der Waals surface area (Å²) in [6.45, 7) is 3.26. The molecule has 0 heterocycles. The Kier molecular flexibility index (Phi) is 7.42. The Balaban J connectivity index is 0. The quantitative estimate of drug-likeness (QED) is 0.266. The molecule has 0 fully saturated rings. The molecule has 0 aliphatic heterocycles. The van der Waals surface area contributed by atoms with E-state index in [4.69, 9.17) is 0 Å². The second-order valence-corrected chi connectivity index (χ2v) is 2.73. The van der Waals surface area contributed by atoms with E-state index in [9.17, 15) is 13.0 Å². The predicted octanol–water partition coefficient (Wildman–Crippen LogP) is -2.73. The molecule has 0 aliphatic rings. The van der Waals surface area contributed by atoms with Gasteiger partial charge in [-0.15, -0.1) is 0 Å². The first kappa shape index (κ1) is 13.5. The van der Waals surface area contributed by atoms with Crippen molar-refractivity contribution >= 4 is 10.4 Å². The summed E-state index contributed by atoms with van der Waals surface area (Å²) in [5, 5.41) is 0. The van der Waals surface area contributed by atoms with E-state index in [1.54, 1.807) is 6.92 Å². The molecule has 1 unspecified atom stereocenters. The molecule has 0 saturated carbocycles. The molecular weight excluding hydrogens is 167 g/mol. The topological polar surface area (TPSA) is 66.4 Å². The normalized spacial score (nSPS) is 13.9. The van der Waals surface area contributed by atoms with E-state index in [-0.39, 0.29) is 29.6 Å². The van der Waals surface area contributed by atoms with Crippen molar-refractivity contribution in [1.29, 1.82) is 0 Å². The van der Waals surface area contributed by atoms with Crippen molar-refractivity contribution in [3.05, 3.63) is 0 Å². The van der Waals surface area contributed by atoms with E-state index >= 15 is 0 Å². The van der Waals surface area contributed by atoms with Crippen LogP contribution in [-0.4, -0.2) is 19.1 Å². The van der Waals surface area contributed by atoms with Gasteiger partial charge in [-0.05, 0) is 13.3 Å². The van der Waals surface area contributed by atoms with Crippen molar-refractivity contribution in [3.8, 4) is 0 Å². The van der Waals surface area contributed by atoms with Gasteiger partial charge in [0.2, 0.25) is 10.4 Å². The van der Waals surface area contributed by atoms with Crippen LogP contribution >= 0.6 is 0 Å². The van der Waals surface area contributed by atoms with Crippen LogP contribution in [0.2, 0.25) is 0 Å². The van der Waals surface area contributed by atoms with Crippen molar-refractivity contribution in [3.63, 3.8) is 0 Å². The molecule has 56 valence electrons. The number of rotatable bonds is 3. The molecule has 0 rings (SSSR count). The van der Waals surface area contributed by atoms with Gasteiger partial charge in [0, 0.05) is 0 Å². The monoisotopic (exact) mass is 176 g/mol. The molecule has 0 radical (unpaired) electrons. The first-order valence-corrected chi connectivity index (χ1v) is 3.93. The summed E-state index contributed by atoms with van der Waals surface area (Å²) in [6.07, 6.45) is 0.00840. The summed E-state index contributed by atoms with van der Waals surface area (Å²) in [5.74, 6) is 0. The molecule has 4 nitrogen and oxygen atoms in total. The molecule has 0 aromatic rings. The van der Waals surface area contributed by atoms with Gasteiger partial charge in [-0.2, -0.15) is 0 Å². The van der Waals surface area contributed by atoms with E-state index in [1.165, 1.54) is 6.92 Å². The van der Waals surface area contributed by atoms with E-state index in [2.05, 4.69) is 4.18 Å². The average Bonchev–Trinajstić information content (AvgIpc) is 1.62. The predicted molar refractivity (Wildman–Crippen MR) is 30.5 cm³/mol. The molecule has 10 heavy (non-hydrogen) atoms. The van der Waals surface area contributed by atoms with Gasteiger partial charge in [-0.25, -0.2) is 8.42 Å². The molecular formula is C4H9NaO4S. The van der Waals surface area contributed by atoms with Crippen molar-refractivity contribution < 1.29 is 46.7 Å². The van der Waals surface area contributed by atoms with Crippen LogP contribution in [0.1, 0.15) is 20.3 Å². The fourth-order valence-corrected chi connectivity index (χ4v) is 0.808. The van der Waals surface area contributed by atoms with Gasteiger partial charge in [-0.3, -0.25) is 4.18 Å². The van der Waals surface area contributed by atoms with E-state index in [1.807, 2.05) is 0 Å². The zero-order valence-corrected chi connectivity index (χ0v) is 9.14. The Labute approximate surface area is 83.2 Å². The minimum atomic E-state index is -4.49. The van der Waals surface area contributed by atoms with Gasteiger partial charge < -0.3 is 4.55 Å². The molecule has 0 N–H and O–H groups in total. The van der Waals surface area contributed by atoms with Gasteiger partial charge >= 0.3 is 29.6 Å². The van der Waals surface area contributed by atoms with Gasteiger partial charge in [0.1, 0.15) is 0 Å². The van der Waals surface area contributed by atoms with Crippen molar-refractivity contribution in [2.45, 2.75) is 26.4 Å². The van der Waals surface area contributed by atoms with Crippen LogP contribution in [0.3, 0.4) is 0 Å². The molecule has 6 heteroatoms.